The zero-order valence-electron chi connectivity index (χ0n) is 13.8. The number of carboxylic acid groups (broad SMARTS) is 1. The number of likely N-dealkylation sites (tertiary alicyclic amines) is 1. The number of aromatic nitrogens is 1. The predicted octanol–water partition coefficient (Wildman–Crippen LogP) is 2.62. The average molecular weight is 319 g/mol. The molecule has 0 radical (unpaired) electrons. The zero-order chi connectivity index (χ0) is 16.8. The van der Waals surface area contributed by atoms with Crippen LogP contribution in [0.15, 0.2) is 18.3 Å². The van der Waals surface area contributed by atoms with Gasteiger partial charge in [-0.3, -0.25) is 9.59 Å². The van der Waals surface area contributed by atoms with Crippen LogP contribution < -0.4 is 5.32 Å². The van der Waals surface area contributed by atoms with Gasteiger partial charge >= 0.3 is 5.97 Å². The fourth-order valence-corrected chi connectivity index (χ4v) is 2.96. The maximum absolute atomic E-state index is 12.8. The van der Waals surface area contributed by atoms with Gasteiger partial charge in [0.05, 0.1) is 5.56 Å². The van der Waals surface area contributed by atoms with E-state index in [1.807, 2.05) is 18.7 Å². The third kappa shape index (κ3) is 4.94. The van der Waals surface area contributed by atoms with Gasteiger partial charge in [0.15, 0.2) is 0 Å². The van der Waals surface area contributed by atoms with Crippen LogP contribution in [0.2, 0.25) is 0 Å². The zero-order valence-corrected chi connectivity index (χ0v) is 13.8. The summed E-state index contributed by atoms with van der Waals surface area (Å²) in [6.07, 6.45) is 4.31. The Morgan fingerprint density at radius 3 is 2.87 bits per heavy atom. The van der Waals surface area contributed by atoms with Crippen molar-refractivity contribution in [3.05, 3.63) is 23.9 Å². The van der Waals surface area contributed by atoms with Crippen LogP contribution >= 0.6 is 0 Å². The van der Waals surface area contributed by atoms with Crippen LogP contribution in [0.25, 0.3) is 0 Å². The molecule has 0 spiro atoms. The van der Waals surface area contributed by atoms with Crippen LogP contribution in [0.5, 0.6) is 0 Å². The third-order valence-corrected chi connectivity index (χ3v) is 4.06. The van der Waals surface area contributed by atoms with E-state index in [-0.39, 0.29) is 24.3 Å². The highest BCUT2D eigenvalue weighted by molar-refractivity contribution is 5.98. The van der Waals surface area contributed by atoms with Crippen molar-refractivity contribution < 1.29 is 14.7 Å². The lowest BCUT2D eigenvalue weighted by molar-refractivity contribution is -0.138. The van der Waals surface area contributed by atoms with Gasteiger partial charge in [-0.2, -0.15) is 0 Å². The summed E-state index contributed by atoms with van der Waals surface area (Å²) in [6, 6.07) is 3.75. The number of carbonyl (C=O) groups excluding carboxylic acids is 1. The molecular weight excluding hydrogens is 294 g/mol. The van der Waals surface area contributed by atoms with Crippen LogP contribution in [0.1, 0.15) is 49.9 Å². The van der Waals surface area contributed by atoms with Crippen LogP contribution in [-0.4, -0.2) is 46.0 Å². The first-order valence-corrected chi connectivity index (χ1v) is 8.20. The fourth-order valence-electron chi connectivity index (χ4n) is 2.96. The number of carboxylic acids is 1. The van der Waals surface area contributed by atoms with E-state index in [0.29, 0.717) is 24.5 Å². The minimum atomic E-state index is -0.759. The molecule has 6 heteroatoms. The van der Waals surface area contributed by atoms with Gasteiger partial charge in [0.1, 0.15) is 5.82 Å². The van der Waals surface area contributed by atoms with Gasteiger partial charge < -0.3 is 15.3 Å². The summed E-state index contributed by atoms with van der Waals surface area (Å²) < 4.78 is 0. The first-order chi connectivity index (χ1) is 11.0. The van der Waals surface area contributed by atoms with Crippen molar-refractivity contribution in [3.8, 4) is 0 Å². The van der Waals surface area contributed by atoms with E-state index in [0.717, 1.165) is 19.3 Å². The summed E-state index contributed by atoms with van der Waals surface area (Å²) in [5, 5.41) is 12.1. The van der Waals surface area contributed by atoms with Crippen molar-refractivity contribution in [2.24, 2.45) is 5.92 Å². The van der Waals surface area contributed by atoms with E-state index in [1.165, 1.54) is 0 Å². The van der Waals surface area contributed by atoms with Crippen molar-refractivity contribution in [2.75, 3.05) is 18.4 Å². The SMILES string of the molecule is CC(C)Nc1ncccc1C(=O)N1CCCC(CC(=O)O)CC1. The Balaban J connectivity index is 2.07. The molecule has 1 aromatic rings. The molecule has 2 N–H and O–H groups in total. The standard InChI is InChI=1S/C17H25N3O3/c1-12(2)19-16-14(6-3-8-18-16)17(23)20-9-4-5-13(7-10-20)11-15(21)22/h3,6,8,12-13H,4-5,7,9-11H2,1-2H3,(H,18,19)(H,21,22). The number of nitrogens with one attached hydrogen (secondary N) is 1. The van der Waals surface area contributed by atoms with Gasteiger partial charge in [0.25, 0.3) is 5.91 Å². The van der Waals surface area contributed by atoms with Crippen LogP contribution in [0.4, 0.5) is 5.82 Å². The lowest BCUT2D eigenvalue weighted by Crippen LogP contribution is -2.33. The van der Waals surface area contributed by atoms with Crippen molar-refractivity contribution in [2.45, 2.75) is 45.6 Å². The monoisotopic (exact) mass is 319 g/mol. The van der Waals surface area contributed by atoms with E-state index >= 15 is 0 Å². The second-order valence-electron chi connectivity index (χ2n) is 6.39. The second kappa shape index (κ2) is 7.94. The van der Waals surface area contributed by atoms with E-state index in [9.17, 15) is 9.59 Å². The molecule has 126 valence electrons. The number of pyridine rings is 1. The Kier molecular flexibility index (Phi) is 5.96. The molecule has 2 heterocycles. The normalized spacial score (nSPS) is 18.6. The van der Waals surface area contributed by atoms with Crippen molar-refractivity contribution >= 4 is 17.7 Å². The average Bonchev–Trinajstić information content (AvgIpc) is 2.71. The number of amides is 1. The smallest absolute Gasteiger partial charge is 0.303 e. The maximum atomic E-state index is 12.8. The van der Waals surface area contributed by atoms with E-state index in [1.54, 1.807) is 18.3 Å². The highest BCUT2D eigenvalue weighted by Crippen LogP contribution is 2.23. The largest absolute Gasteiger partial charge is 0.481 e. The maximum Gasteiger partial charge on any atom is 0.303 e. The van der Waals surface area contributed by atoms with Gasteiger partial charge in [-0.15, -0.1) is 0 Å². The molecule has 0 aliphatic carbocycles. The number of nitrogens with zero attached hydrogens (tertiary/aromatic N) is 2. The third-order valence-electron chi connectivity index (χ3n) is 4.06. The van der Waals surface area contributed by atoms with Gasteiger partial charge in [-0.25, -0.2) is 4.98 Å². The molecule has 1 aliphatic heterocycles. The molecule has 0 aromatic carbocycles. The summed E-state index contributed by atoms with van der Waals surface area (Å²) >= 11 is 0. The molecule has 1 unspecified atom stereocenters. The van der Waals surface area contributed by atoms with Gasteiger partial charge in [-0.05, 0) is 51.2 Å². The number of anilines is 1. The lowest BCUT2D eigenvalue weighted by Gasteiger charge is -2.22. The number of carbonyl (C=O) groups is 2. The minimum absolute atomic E-state index is 0.0303. The summed E-state index contributed by atoms with van der Waals surface area (Å²) in [5.74, 6) is -0.0195. The fraction of sp³-hybridized carbons (Fsp3) is 0.588. The molecule has 1 atom stereocenters. The van der Waals surface area contributed by atoms with E-state index in [2.05, 4.69) is 10.3 Å². The Morgan fingerprint density at radius 1 is 1.39 bits per heavy atom. The summed E-state index contributed by atoms with van der Waals surface area (Å²) in [5.41, 5.74) is 0.581. The summed E-state index contributed by atoms with van der Waals surface area (Å²) in [4.78, 5) is 29.8. The molecule has 1 saturated heterocycles. The number of hydrogen-bond acceptors (Lipinski definition) is 4. The first kappa shape index (κ1) is 17.2. The predicted molar refractivity (Wildman–Crippen MR) is 88.5 cm³/mol. The Labute approximate surface area is 136 Å². The van der Waals surface area contributed by atoms with Gasteiger partial charge in [0, 0.05) is 31.7 Å². The molecule has 1 fully saturated rings. The number of rotatable bonds is 5. The van der Waals surface area contributed by atoms with E-state index < -0.39 is 5.97 Å². The van der Waals surface area contributed by atoms with Crippen molar-refractivity contribution in [1.82, 2.24) is 9.88 Å². The highest BCUT2D eigenvalue weighted by atomic mass is 16.4. The molecule has 23 heavy (non-hydrogen) atoms. The Hall–Kier alpha value is -2.11. The Morgan fingerprint density at radius 2 is 2.17 bits per heavy atom. The quantitative estimate of drug-likeness (QED) is 0.872. The van der Waals surface area contributed by atoms with Gasteiger partial charge in [-0.1, -0.05) is 0 Å². The topological polar surface area (TPSA) is 82.5 Å². The summed E-state index contributed by atoms with van der Waals surface area (Å²) in [6.45, 7) is 5.29. The van der Waals surface area contributed by atoms with E-state index in [4.69, 9.17) is 5.11 Å². The van der Waals surface area contributed by atoms with Crippen LogP contribution in [-0.2, 0) is 4.79 Å². The van der Waals surface area contributed by atoms with Crippen molar-refractivity contribution in [3.63, 3.8) is 0 Å². The van der Waals surface area contributed by atoms with Gasteiger partial charge in [0.2, 0.25) is 0 Å². The molecule has 0 saturated carbocycles. The molecule has 1 aromatic heterocycles. The summed E-state index contributed by atoms with van der Waals surface area (Å²) in [7, 11) is 0. The lowest BCUT2D eigenvalue weighted by atomic mass is 9.97. The highest BCUT2D eigenvalue weighted by Gasteiger charge is 2.24. The molecule has 1 amide bonds. The molecule has 2 rings (SSSR count). The number of aliphatic carboxylic acids is 1. The minimum Gasteiger partial charge on any atom is -0.481 e. The molecule has 1 aliphatic rings. The van der Waals surface area contributed by atoms with Crippen LogP contribution in [0.3, 0.4) is 0 Å². The second-order valence-corrected chi connectivity index (χ2v) is 6.39. The molecular formula is C17H25N3O3. The van der Waals surface area contributed by atoms with Crippen LogP contribution in [0, 0.1) is 5.92 Å². The molecule has 6 nitrogen and oxygen atoms in total. The molecule has 0 bridgehead atoms. The Bertz CT molecular complexity index is 560. The first-order valence-electron chi connectivity index (χ1n) is 8.20. The number of hydrogen-bond donors (Lipinski definition) is 2. The van der Waals surface area contributed by atoms with Crippen molar-refractivity contribution in [1.29, 1.82) is 0 Å².